The van der Waals surface area contributed by atoms with Gasteiger partial charge < -0.3 is 15.0 Å². The van der Waals surface area contributed by atoms with Gasteiger partial charge in [0.2, 0.25) is 5.95 Å². The standard InChI is InChI=1S/C17H16F3N3O/c18-17(19,20)11-24-10-13-5-3-4-12(8-13)9-21-16-22-14-6-1-2-7-15(14)23-16/h1-8H,9-11H2,(H2,21,22,23). The van der Waals surface area contributed by atoms with E-state index in [1.165, 1.54) is 0 Å². The molecule has 0 aliphatic heterocycles. The first-order chi connectivity index (χ1) is 11.5. The number of anilines is 1. The number of imidazole rings is 1. The number of rotatable bonds is 6. The molecule has 0 aliphatic rings. The smallest absolute Gasteiger partial charge is 0.367 e. The first-order valence-electron chi connectivity index (χ1n) is 7.40. The van der Waals surface area contributed by atoms with Crippen molar-refractivity contribution >= 4 is 17.0 Å². The van der Waals surface area contributed by atoms with Crippen molar-refractivity contribution in [3.8, 4) is 0 Å². The van der Waals surface area contributed by atoms with Crippen molar-refractivity contribution in [1.82, 2.24) is 9.97 Å². The summed E-state index contributed by atoms with van der Waals surface area (Å²) < 4.78 is 40.9. The second kappa shape index (κ2) is 6.92. The zero-order valence-electron chi connectivity index (χ0n) is 12.7. The molecule has 0 saturated carbocycles. The number of aromatic nitrogens is 2. The average Bonchev–Trinajstić information content (AvgIpc) is 2.95. The minimum atomic E-state index is -4.31. The molecule has 24 heavy (non-hydrogen) atoms. The molecule has 3 rings (SSSR count). The van der Waals surface area contributed by atoms with Crippen LogP contribution in [0, 0.1) is 0 Å². The van der Waals surface area contributed by atoms with Gasteiger partial charge in [-0.1, -0.05) is 36.4 Å². The number of aromatic amines is 1. The minimum absolute atomic E-state index is 0.0714. The summed E-state index contributed by atoms with van der Waals surface area (Å²) in [7, 11) is 0. The molecule has 3 aromatic rings. The Labute approximate surface area is 136 Å². The van der Waals surface area contributed by atoms with Gasteiger partial charge in [-0.25, -0.2) is 4.98 Å². The molecular weight excluding hydrogens is 319 g/mol. The predicted molar refractivity (Wildman–Crippen MR) is 85.6 cm³/mol. The quantitative estimate of drug-likeness (QED) is 0.708. The maximum Gasteiger partial charge on any atom is 0.411 e. The van der Waals surface area contributed by atoms with Crippen LogP contribution in [0.15, 0.2) is 48.5 Å². The summed E-state index contributed by atoms with van der Waals surface area (Å²) in [5.74, 6) is 0.648. The Kier molecular flexibility index (Phi) is 4.71. The Hall–Kier alpha value is -2.54. The average molecular weight is 335 g/mol. The van der Waals surface area contributed by atoms with E-state index >= 15 is 0 Å². The molecule has 0 aliphatic carbocycles. The normalized spacial score (nSPS) is 11.8. The van der Waals surface area contributed by atoms with Gasteiger partial charge in [0.05, 0.1) is 17.6 Å². The number of hydrogen-bond acceptors (Lipinski definition) is 3. The lowest BCUT2D eigenvalue weighted by atomic mass is 10.1. The van der Waals surface area contributed by atoms with Crippen molar-refractivity contribution in [2.45, 2.75) is 19.3 Å². The maximum atomic E-state index is 12.1. The van der Waals surface area contributed by atoms with E-state index in [0.29, 0.717) is 18.1 Å². The van der Waals surface area contributed by atoms with Crippen LogP contribution in [-0.4, -0.2) is 22.8 Å². The predicted octanol–water partition coefficient (Wildman–Crippen LogP) is 4.25. The Balaban J connectivity index is 1.58. The summed E-state index contributed by atoms with van der Waals surface area (Å²) in [6.07, 6.45) is -4.31. The summed E-state index contributed by atoms with van der Waals surface area (Å²) in [6.45, 7) is -0.806. The van der Waals surface area contributed by atoms with Gasteiger partial charge >= 0.3 is 6.18 Å². The van der Waals surface area contributed by atoms with Gasteiger partial charge in [-0.2, -0.15) is 13.2 Å². The molecule has 0 fully saturated rings. The summed E-state index contributed by atoms with van der Waals surface area (Å²) in [6, 6.07) is 14.9. The zero-order valence-corrected chi connectivity index (χ0v) is 12.7. The number of benzene rings is 2. The van der Waals surface area contributed by atoms with Crippen molar-refractivity contribution in [1.29, 1.82) is 0 Å². The number of alkyl halides is 3. The molecule has 7 heteroatoms. The number of halogens is 3. The van der Waals surface area contributed by atoms with Crippen molar-refractivity contribution < 1.29 is 17.9 Å². The maximum absolute atomic E-state index is 12.1. The largest absolute Gasteiger partial charge is 0.411 e. The Morgan fingerprint density at radius 2 is 1.83 bits per heavy atom. The second-order valence-electron chi connectivity index (χ2n) is 5.38. The number of nitrogens with one attached hydrogen (secondary N) is 2. The summed E-state index contributed by atoms with van der Waals surface area (Å²) in [5, 5.41) is 3.17. The SMILES string of the molecule is FC(F)(F)COCc1cccc(CNc2nc3ccccc3[nH]2)c1. The summed E-state index contributed by atoms with van der Waals surface area (Å²) in [4.78, 5) is 7.57. The van der Waals surface area contributed by atoms with Crippen molar-refractivity contribution in [2.24, 2.45) is 0 Å². The lowest BCUT2D eigenvalue weighted by molar-refractivity contribution is -0.176. The van der Waals surface area contributed by atoms with Gasteiger partial charge in [0.25, 0.3) is 0 Å². The van der Waals surface area contributed by atoms with Gasteiger partial charge in [-0.15, -0.1) is 0 Å². The molecule has 0 atom stereocenters. The van der Waals surface area contributed by atoms with Crippen molar-refractivity contribution in [2.75, 3.05) is 11.9 Å². The molecule has 0 saturated heterocycles. The molecule has 1 heterocycles. The van der Waals surface area contributed by atoms with E-state index < -0.39 is 12.8 Å². The fourth-order valence-electron chi connectivity index (χ4n) is 2.34. The van der Waals surface area contributed by atoms with E-state index in [-0.39, 0.29) is 6.61 Å². The van der Waals surface area contributed by atoms with Crippen LogP contribution in [0.1, 0.15) is 11.1 Å². The van der Waals surface area contributed by atoms with Crippen LogP contribution >= 0.6 is 0 Å². The Morgan fingerprint density at radius 3 is 2.62 bits per heavy atom. The van der Waals surface area contributed by atoms with Gasteiger partial charge in [0.1, 0.15) is 6.61 Å². The third-order valence-corrected chi connectivity index (χ3v) is 3.38. The number of para-hydroxylation sites is 2. The zero-order chi connectivity index (χ0) is 17.0. The summed E-state index contributed by atoms with van der Waals surface area (Å²) in [5.41, 5.74) is 3.44. The second-order valence-corrected chi connectivity index (χ2v) is 5.38. The summed E-state index contributed by atoms with van der Waals surface area (Å²) >= 11 is 0. The Bertz CT molecular complexity index is 781. The van der Waals surface area contributed by atoms with E-state index in [9.17, 15) is 13.2 Å². The Morgan fingerprint density at radius 1 is 1.04 bits per heavy atom. The molecule has 1 aromatic heterocycles. The third kappa shape index (κ3) is 4.48. The lowest BCUT2D eigenvalue weighted by Gasteiger charge is -2.09. The fraction of sp³-hybridized carbons (Fsp3) is 0.235. The van der Waals surface area contributed by atoms with E-state index in [4.69, 9.17) is 0 Å². The first kappa shape index (κ1) is 16.3. The molecule has 4 nitrogen and oxygen atoms in total. The van der Waals surface area contributed by atoms with Crippen molar-refractivity contribution in [3.63, 3.8) is 0 Å². The number of ether oxygens (including phenoxy) is 1. The van der Waals surface area contributed by atoms with E-state index in [0.717, 1.165) is 16.6 Å². The monoisotopic (exact) mass is 335 g/mol. The molecule has 0 unspecified atom stereocenters. The molecule has 0 radical (unpaired) electrons. The van der Waals surface area contributed by atoms with E-state index in [2.05, 4.69) is 20.0 Å². The highest BCUT2D eigenvalue weighted by Gasteiger charge is 2.27. The van der Waals surface area contributed by atoms with Crippen molar-refractivity contribution in [3.05, 3.63) is 59.7 Å². The lowest BCUT2D eigenvalue weighted by Crippen LogP contribution is -2.16. The van der Waals surface area contributed by atoms with E-state index in [1.807, 2.05) is 36.4 Å². The van der Waals surface area contributed by atoms with Crippen LogP contribution in [0.2, 0.25) is 0 Å². The topological polar surface area (TPSA) is 49.9 Å². The van der Waals surface area contributed by atoms with E-state index in [1.54, 1.807) is 12.1 Å². The molecule has 0 bridgehead atoms. The highest BCUT2D eigenvalue weighted by atomic mass is 19.4. The van der Waals surface area contributed by atoms with Crippen LogP contribution in [0.3, 0.4) is 0 Å². The third-order valence-electron chi connectivity index (χ3n) is 3.38. The van der Waals surface area contributed by atoms with Crippen LogP contribution in [-0.2, 0) is 17.9 Å². The van der Waals surface area contributed by atoms with Gasteiger partial charge in [0.15, 0.2) is 0 Å². The molecular formula is C17H16F3N3O. The van der Waals surface area contributed by atoms with Gasteiger partial charge in [-0.3, -0.25) is 0 Å². The molecule has 0 amide bonds. The van der Waals surface area contributed by atoms with Gasteiger partial charge in [0, 0.05) is 6.54 Å². The van der Waals surface area contributed by atoms with Crippen LogP contribution < -0.4 is 5.32 Å². The highest BCUT2D eigenvalue weighted by molar-refractivity contribution is 5.77. The van der Waals surface area contributed by atoms with Crippen LogP contribution in [0.25, 0.3) is 11.0 Å². The number of nitrogens with zero attached hydrogens (tertiary/aromatic N) is 1. The highest BCUT2D eigenvalue weighted by Crippen LogP contribution is 2.17. The fourth-order valence-corrected chi connectivity index (χ4v) is 2.34. The molecule has 2 aromatic carbocycles. The minimum Gasteiger partial charge on any atom is -0.367 e. The first-order valence-corrected chi connectivity index (χ1v) is 7.40. The number of H-pyrrole nitrogens is 1. The number of hydrogen-bond donors (Lipinski definition) is 2. The van der Waals surface area contributed by atoms with Gasteiger partial charge in [-0.05, 0) is 23.3 Å². The molecule has 0 spiro atoms. The molecule has 126 valence electrons. The van der Waals surface area contributed by atoms with Crippen LogP contribution in [0.4, 0.5) is 19.1 Å². The number of fused-ring (bicyclic) bond motifs is 1. The molecule has 2 N–H and O–H groups in total. The van der Waals surface area contributed by atoms with Crippen LogP contribution in [0.5, 0.6) is 0 Å².